The third-order valence-electron chi connectivity index (χ3n) is 3.26. The molecule has 16 heavy (non-hydrogen) atoms. The molecule has 1 fully saturated rings. The van der Waals surface area contributed by atoms with Crippen molar-refractivity contribution in [2.45, 2.75) is 51.6 Å². The lowest BCUT2D eigenvalue weighted by Crippen LogP contribution is -2.15. The van der Waals surface area contributed by atoms with Crippen LogP contribution in [0.1, 0.15) is 44.1 Å². The van der Waals surface area contributed by atoms with E-state index in [1.807, 2.05) is 18.2 Å². The standard InChI is InChI=1S/C14H21NO/c1-11-8-9-13(15)14(10-11)16-12-6-4-2-3-5-7-12/h8-10,12H,2-7,15H2,1H3. The molecule has 2 rings (SSSR count). The molecule has 88 valence electrons. The molecule has 2 nitrogen and oxygen atoms in total. The van der Waals surface area contributed by atoms with E-state index in [0.717, 1.165) is 11.4 Å². The first-order valence-electron chi connectivity index (χ1n) is 6.28. The van der Waals surface area contributed by atoms with Gasteiger partial charge in [-0.05, 0) is 50.3 Å². The largest absolute Gasteiger partial charge is 0.488 e. The molecule has 1 saturated carbocycles. The molecule has 0 unspecified atom stereocenters. The van der Waals surface area contributed by atoms with Crippen LogP contribution in [0.4, 0.5) is 5.69 Å². The summed E-state index contributed by atoms with van der Waals surface area (Å²) < 4.78 is 6.02. The van der Waals surface area contributed by atoms with Crippen LogP contribution >= 0.6 is 0 Å². The molecule has 1 aliphatic rings. The quantitative estimate of drug-likeness (QED) is 0.608. The van der Waals surface area contributed by atoms with Gasteiger partial charge in [-0.3, -0.25) is 0 Å². The van der Waals surface area contributed by atoms with Crippen LogP contribution in [-0.4, -0.2) is 6.10 Å². The molecule has 1 aromatic carbocycles. The summed E-state index contributed by atoms with van der Waals surface area (Å²) in [6.07, 6.45) is 7.99. The van der Waals surface area contributed by atoms with E-state index in [2.05, 4.69) is 6.92 Å². The number of aryl methyl sites for hydroxylation is 1. The van der Waals surface area contributed by atoms with Crippen molar-refractivity contribution in [1.29, 1.82) is 0 Å². The predicted molar refractivity (Wildman–Crippen MR) is 67.7 cm³/mol. The maximum absolute atomic E-state index is 6.02. The van der Waals surface area contributed by atoms with Crippen molar-refractivity contribution in [1.82, 2.24) is 0 Å². The first-order chi connectivity index (χ1) is 7.75. The number of anilines is 1. The average Bonchev–Trinajstić information content (AvgIpc) is 2.52. The van der Waals surface area contributed by atoms with E-state index in [-0.39, 0.29) is 0 Å². The lowest BCUT2D eigenvalue weighted by Gasteiger charge is -2.18. The van der Waals surface area contributed by atoms with E-state index >= 15 is 0 Å². The summed E-state index contributed by atoms with van der Waals surface area (Å²) in [7, 11) is 0. The number of ether oxygens (including phenoxy) is 1. The molecule has 0 amide bonds. The van der Waals surface area contributed by atoms with Gasteiger partial charge in [-0.25, -0.2) is 0 Å². The fourth-order valence-corrected chi connectivity index (χ4v) is 2.28. The van der Waals surface area contributed by atoms with Crippen LogP contribution in [0.15, 0.2) is 18.2 Å². The molecule has 0 saturated heterocycles. The summed E-state index contributed by atoms with van der Waals surface area (Å²) >= 11 is 0. The van der Waals surface area contributed by atoms with Crippen molar-refractivity contribution < 1.29 is 4.74 Å². The van der Waals surface area contributed by atoms with Gasteiger partial charge in [-0.15, -0.1) is 0 Å². The molecular weight excluding hydrogens is 198 g/mol. The van der Waals surface area contributed by atoms with Gasteiger partial charge in [-0.2, -0.15) is 0 Å². The molecule has 0 radical (unpaired) electrons. The molecule has 2 heteroatoms. The number of nitrogen functional groups attached to an aromatic ring is 1. The van der Waals surface area contributed by atoms with Gasteiger partial charge >= 0.3 is 0 Å². The number of hydrogen-bond donors (Lipinski definition) is 1. The Morgan fingerprint density at radius 3 is 2.50 bits per heavy atom. The topological polar surface area (TPSA) is 35.2 Å². The van der Waals surface area contributed by atoms with Gasteiger partial charge in [0, 0.05) is 0 Å². The zero-order valence-corrected chi connectivity index (χ0v) is 10.0. The number of hydrogen-bond acceptors (Lipinski definition) is 2. The van der Waals surface area contributed by atoms with Crippen LogP contribution in [0.25, 0.3) is 0 Å². The molecule has 0 atom stereocenters. The minimum absolute atomic E-state index is 0.367. The summed E-state index contributed by atoms with van der Waals surface area (Å²) in [5, 5.41) is 0. The third kappa shape index (κ3) is 2.91. The molecule has 1 aliphatic carbocycles. The Kier molecular flexibility index (Phi) is 3.70. The van der Waals surface area contributed by atoms with Crippen LogP contribution in [0.5, 0.6) is 5.75 Å². The summed E-state index contributed by atoms with van der Waals surface area (Å²) in [4.78, 5) is 0. The Balaban J connectivity index is 2.04. The fourth-order valence-electron chi connectivity index (χ4n) is 2.28. The number of benzene rings is 1. The Labute approximate surface area is 97.8 Å². The van der Waals surface area contributed by atoms with E-state index in [1.54, 1.807) is 0 Å². The monoisotopic (exact) mass is 219 g/mol. The van der Waals surface area contributed by atoms with E-state index in [9.17, 15) is 0 Å². The normalized spacial score (nSPS) is 18.1. The Morgan fingerprint density at radius 2 is 1.81 bits per heavy atom. The second-order valence-electron chi connectivity index (χ2n) is 4.77. The van der Waals surface area contributed by atoms with Gasteiger partial charge in [0.2, 0.25) is 0 Å². The van der Waals surface area contributed by atoms with E-state index < -0.39 is 0 Å². The van der Waals surface area contributed by atoms with Gasteiger partial charge in [0.15, 0.2) is 0 Å². The zero-order valence-electron chi connectivity index (χ0n) is 10.0. The van der Waals surface area contributed by atoms with Crippen LogP contribution < -0.4 is 10.5 Å². The first-order valence-corrected chi connectivity index (χ1v) is 6.28. The van der Waals surface area contributed by atoms with E-state index in [4.69, 9.17) is 10.5 Å². The highest BCUT2D eigenvalue weighted by Gasteiger charge is 2.14. The predicted octanol–water partition coefficient (Wildman–Crippen LogP) is 3.68. The van der Waals surface area contributed by atoms with E-state index in [0.29, 0.717) is 6.10 Å². The van der Waals surface area contributed by atoms with Crippen LogP contribution in [0.2, 0.25) is 0 Å². The molecule has 0 bridgehead atoms. The SMILES string of the molecule is Cc1ccc(N)c(OC2CCCCCC2)c1. The maximum atomic E-state index is 6.02. The van der Waals surface area contributed by atoms with Crippen LogP contribution in [0.3, 0.4) is 0 Å². The molecule has 1 aromatic rings. The van der Waals surface area contributed by atoms with Crippen molar-refractivity contribution in [2.24, 2.45) is 0 Å². The highest BCUT2D eigenvalue weighted by Crippen LogP contribution is 2.27. The van der Waals surface area contributed by atoms with Crippen LogP contribution in [0, 0.1) is 6.92 Å². The van der Waals surface area contributed by atoms with Crippen molar-refractivity contribution in [3.8, 4) is 5.75 Å². The van der Waals surface area contributed by atoms with E-state index in [1.165, 1.54) is 44.1 Å². The van der Waals surface area contributed by atoms with Crippen molar-refractivity contribution in [2.75, 3.05) is 5.73 Å². The summed E-state index contributed by atoms with van der Waals surface area (Å²) in [5.74, 6) is 0.868. The molecule has 0 heterocycles. The molecule has 2 N–H and O–H groups in total. The van der Waals surface area contributed by atoms with Gasteiger partial charge in [-0.1, -0.05) is 18.9 Å². The number of rotatable bonds is 2. The zero-order chi connectivity index (χ0) is 11.4. The minimum Gasteiger partial charge on any atom is -0.488 e. The molecule has 0 spiro atoms. The molecule has 0 aromatic heterocycles. The average molecular weight is 219 g/mol. The third-order valence-corrected chi connectivity index (χ3v) is 3.26. The minimum atomic E-state index is 0.367. The maximum Gasteiger partial charge on any atom is 0.142 e. The second kappa shape index (κ2) is 5.24. The second-order valence-corrected chi connectivity index (χ2v) is 4.77. The van der Waals surface area contributed by atoms with Gasteiger partial charge in [0.05, 0.1) is 11.8 Å². The Morgan fingerprint density at radius 1 is 1.12 bits per heavy atom. The van der Waals surface area contributed by atoms with Gasteiger partial charge < -0.3 is 10.5 Å². The first kappa shape index (κ1) is 11.3. The summed E-state index contributed by atoms with van der Waals surface area (Å²) in [6.45, 7) is 2.07. The van der Waals surface area contributed by atoms with Crippen LogP contribution in [-0.2, 0) is 0 Å². The molecular formula is C14H21NO. The lowest BCUT2D eigenvalue weighted by atomic mass is 10.1. The smallest absolute Gasteiger partial charge is 0.142 e. The summed E-state index contributed by atoms with van der Waals surface area (Å²) in [6, 6.07) is 6.00. The van der Waals surface area contributed by atoms with Crippen molar-refractivity contribution in [3.63, 3.8) is 0 Å². The Bertz CT molecular complexity index is 341. The highest BCUT2D eigenvalue weighted by molar-refractivity contribution is 5.53. The Hall–Kier alpha value is -1.18. The lowest BCUT2D eigenvalue weighted by molar-refractivity contribution is 0.185. The summed E-state index contributed by atoms with van der Waals surface area (Å²) in [5.41, 5.74) is 7.89. The fraction of sp³-hybridized carbons (Fsp3) is 0.571. The van der Waals surface area contributed by atoms with Gasteiger partial charge in [0.25, 0.3) is 0 Å². The van der Waals surface area contributed by atoms with Crippen molar-refractivity contribution >= 4 is 5.69 Å². The highest BCUT2D eigenvalue weighted by atomic mass is 16.5. The number of nitrogens with two attached hydrogens (primary N) is 1. The van der Waals surface area contributed by atoms with Gasteiger partial charge in [0.1, 0.15) is 5.75 Å². The van der Waals surface area contributed by atoms with Crippen molar-refractivity contribution in [3.05, 3.63) is 23.8 Å². The molecule has 0 aliphatic heterocycles.